The van der Waals surface area contributed by atoms with Gasteiger partial charge in [-0.3, -0.25) is 9.59 Å². The first-order valence-electron chi connectivity index (χ1n) is 11.5. The number of benzene rings is 4. The average Bonchev–Trinajstić information content (AvgIpc) is 2.94. The summed E-state index contributed by atoms with van der Waals surface area (Å²) >= 11 is 0. The Morgan fingerprint density at radius 2 is 1.00 bits per heavy atom. The van der Waals surface area contributed by atoms with Crippen molar-refractivity contribution in [3.63, 3.8) is 0 Å². The SMILES string of the molecule is CN(C)C(=O)C(NC(=O)c1ccccc1)=C(c1ccccc1)P(=O)(c1ccccc1)c1ccccc1. The number of likely N-dealkylation sites (N-methyl/N-ethyl adjacent to an activating group) is 1. The van der Waals surface area contributed by atoms with Crippen molar-refractivity contribution in [2.75, 3.05) is 14.1 Å². The molecule has 4 aromatic rings. The molecule has 0 unspecified atom stereocenters. The van der Waals surface area contributed by atoms with Gasteiger partial charge in [-0.1, -0.05) is 109 Å². The van der Waals surface area contributed by atoms with Crippen LogP contribution in [0.1, 0.15) is 15.9 Å². The minimum Gasteiger partial charge on any atom is -0.343 e. The number of nitrogens with one attached hydrogen (secondary N) is 1. The molecule has 6 heteroatoms. The molecule has 0 aliphatic carbocycles. The van der Waals surface area contributed by atoms with Crippen LogP contribution in [0.4, 0.5) is 0 Å². The first-order chi connectivity index (χ1) is 17.4. The number of hydrogen-bond donors (Lipinski definition) is 1. The molecule has 4 aromatic carbocycles. The van der Waals surface area contributed by atoms with E-state index in [0.29, 0.717) is 21.7 Å². The first kappa shape index (κ1) is 24.9. The van der Waals surface area contributed by atoms with E-state index in [-0.39, 0.29) is 11.0 Å². The molecule has 36 heavy (non-hydrogen) atoms. The molecule has 1 N–H and O–H groups in total. The second-order valence-corrected chi connectivity index (χ2v) is 11.1. The second kappa shape index (κ2) is 11.0. The van der Waals surface area contributed by atoms with E-state index in [1.54, 1.807) is 62.6 Å². The minimum atomic E-state index is -3.64. The van der Waals surface area contributed by atoms with Gasteiger partial charge in [-0.05, 0) is 17.7 Å². The van der Waals surface area contributed by atoms with Crippen LogP contribution in [-0.4, -0.2) is 30.8 Å². The number of carbonyl (C=O) groups is 2. The van der Waals surface area contributed by atoms with Crippen LogP contribution < -0.4 is 15.9 Å². The maximum absolute atomic E-state index is 15.4. The molecular formula is C30H27N2O3P. The molecule has 0 fully saturated rings. The molecule has 0 spiro atoms. The van der Waals surface area contributed by atoms with Gasteiger partial charge in [0.05, 0.1) is 5.31 Å². The Bertz CT molecular complexity index is 1380. The Hall–Kier alpha value is -4.21. The zero-order valence-electron chi connectivity index (χ0n) is 20.2. The molecular weight excluding hydrogens is 467 g/mol. The molecule has 180 valence electrons. The summed E-state index contributed by atoms with van der Waals surface area (Å²) in [7, 11) is -0.423. The van der Waals surface area contributed by atoms with Crippen LogP contribution in [0.5, 0.6) is 0 Å². The molecule has 0 atom stereocenters. The predicted molar refractivity (Wildman–Crippen MR) is 146 cm³/mol. The van der Waals surface area contributed by atoms with E-state index in [1.807, 2.05) is 72.8 Å². The number of amides is 2. The maximum atomic E-state index is 15.4. The highest BCUT2D eigenvalue weighted by molar-refractivity contribution is 7.87. The lowest BCUT2D eigenvalue weighted by atomic mass is 10.1. The standard InChI is InChI=1S/C30H27N2O3P/c1-32(2)30(34)27(31-29(33)24-17-9-4-10-18-24)28(23-15-7-3-8-16-23)36(35,25-19-11-5-12-20-25)26-21-13-6-14-22-26/h3-22H,1-2H3,(H,31,33). The number of nitrogens with zero attached hydrogens (tertiary/aromatic N) is 1. The van der Waals surface area contributed by atoms with Crippen LogP contribution in [0.15, 0.2) is 127 Å². The Labute approximate surface area is 211 Å². The third-order valence-electron chi connectivity index (χ3n) is 5.73. The van der Waals surface area contributed by atoms with Gasteiger partial charge >= 0.3 is 0 Å². The highest BCUT2D eigenvalue weighted by Crippen LogP contribution is 2.57. The van der Waals surface area contributed by atoms with Crippen LogP contribution in [0.25, 0.3) is 5.31 Å². The number of rotatable bonds is 7. The largest absolute Gasteiger partial charge is 0.343 e. The molecule has 5 nitrogen and oxygen atoms in total. The average molecular weight is 495 g/mol. The molecule has 0 aliphatic rings. The summed E-state index contributed by atoms with van der Waals surface area (Å²) in [4.78, 5) is 28.4. The van der Waals surface area contributed by atoms with Gasteiger partial charge in [0, 0.05) is 30.3 Å². The zero-order valence-corrected chi connectivity index (χ0v) is 21.1. The van der Waals surface area contributed by atoms with Crippen molar-refractivity contribution in [2.24, 2.45) is 0 Å². The van der Waals surface area contributed by atoms with Crippen LogP contribution in [0.2, 0.25) is 0 Å². The van der Waals surface area contributed by atoms with E-state index < -0.39 is 19.0 Å². The fourth-order valence-electron chi connectivity index (χ4n) is 3.98. The smallest absolute Gasteiger partial charge is 0.270 e. The van der Waals surface area contributed by atoms with Crippen LogP contribution >= 0.6 is 7.14 Å². The third-order valence-corrected chi connectivity index (χ3v) is 8.90. The van der Waals surface area contributed by atoms with Crippen molar-refractivity contribution in [3.8, 4) is 0 Å². The summed E-state index contributed by atoms with van der Waals surface area (Å²) in [5.74, 6) is -0.910. The van der Waals surface area contributed by atoms with Crippen molar-refractivity contribution >= 4 is 34.9 Å². The van der Waals surface area contributed by atoms with E-state index >= 15 is 4.57 Å². The van der Waals surface area contributed by atoms with E-state index in [0.717, 1.165) is 0 Å². The number of carbonyl (C=O) groups excluding carboxylic acids is 2. The van der Waals surface area contributed by atoms with Gasteiger partial charge in [-0.2, -0.15) is 0 Å². The summed E-state index contributed by atoms with van der Waals surface area (Å²) in [6, 6.07) is 36.0. The Kier molecular flexibility index (Phi) is 7.62. The van der Waals surface area contributed by atoms with E-state index in [4.69, 9.17) is 0 Å². The molecule has 0 radical (unpaired) electrons. The molecule has 0 saturated heterocycles. The van der Waals surface area contributed by atoms with Gasteiger partial charge in [-0.25, -0.2) is 0 Å². The highest BCUT2D eigenvalue weighted by Gasteiger charge is 2.38. The predicted octanol–water partition coefficient (Wildman–Crippen LogP) is 4.89. The van der Waals surface area contributed by atoms with Crippen molar-refractivity contribution in [2.45, 2.75) is 0 Å². The molecule has 0 aromatic heterocycles. The second-order valence-electron chi connectivity index (χ2n) is 8.39. The zero-order chi connectivity index (χ0) is 25.5. The van der Waals surface area contributed by atoms with Crippen molar-refractivity contribution in [1.29, 1.82) is 0 Å². The quantitative estimate of drug-likeness (QED) is 0.294. The van der Waals surface area contributed by atoms with Gasteiger partial charge in [0.15, 0.2) is 7.14 Å². The van der Waals surface area contributed by atoms with E-state index in [9.17, 15) is 9.59 Å². The Balaban J connectivity index is 2.09. The molecule has 2 amide bonds. The molecule has 0 bridgehead atoms. The maximum Gasteiger partial charge on any atom is 0.270 e. The fraction of sp³-hybridized carbons (Fsp3) is 0.0667. The fourth-order valence-corrected chi connectivity index (χ4v) is 6.95. The normalized spacial score (nSPS) is 11.8. The Morgan fingerprint density at radius 3 is 1.42 bits per heavy atom. The van der Waals surface area contributed by atoms with E-state index in [2.05, 4.69) is 5.32 Å². The van der Waals surface area contributed by atoms with Gasteiger partial charge in [0.25, 0.3) is 11.8 Å². The summed E-state index contributed by atoms with van der Waals surface area (Å²) in [5, 5.41) is 4.24. The molecule has 0 heterocycles. The Morgan fingerprint density at radius 1 is 0.611 bits per heavy atom. The molecule has 0 aliphatic heterocycles. The number of hydrogen-bond acceptors (Lipinski definition) is 3. The van der Waals surface area contributed by atoms with Gasteiger partial charge in [0.2, 0.25) is 0 Å². The monoisotopic (exact) mass is 494 g/mol. The van der Waals surface area contributed by atoms with Crippen molar-refractivity contribution < 1.29 is 14.2 Å². The van der Waals surface area contributed by atoms with E-state index in [1.165, 1.54) is 4.90 Å². The van der Waals surface area contributed by atoms with Crippen LogP contribution in [0.3, 0.4) is 0 Å². The molecule has 4 rings (SSSR count). The minimum absolute atomic E-state index is 0.0175. The highest BCUT2D eigenvalue weighted by atomic mass is 31.2. The summed E-state index contributed by atoms with van der Waals surface area (Å²) in [6.07, 6.45) is 0. The first-order valence-corrected chi connectivity index (χ1v) is 13.2. The van der Waals surface area contributed by atoms with Crippen LogP contribution in [-0.2, 0) is 9.36 Å². The topological polar surface area (TPSA) is 66.5 Å². The lowest BCUT2D eigenvalue weighted by Gasteiger charge is -2.27. The third kappa shape index (κ3) is 5.07. The summed E-state index contributed by atoms with van der Waals surface area (Å²) in [5.41, 5.74) is 0.964. The lowest BCUT2D eigenvalue weighted by Crippen LogP contribution is -2.36. The van der Waals surface area contributed by atoms with Gasteiger partial charge in [-0.15, -0.1) is 0 Å². The lowest BCUT2D eigenvalue weighted by molar-refractivity contribution is -0.125. The summed E-state index contributed by atoms with van der Waals surface area (Å²) in [6.45, 7) is 0. The van der Waals surface area contributed by atoms with Gasteiger partial charge < -0.3 is 14.8 Å². The van der Waals surface area contributed by atoms with Crippen molar-refractivity contribution in [3.05, 3.63) is 138 Å². The van der Waals surface area contributed by atoms with Crippen LogP contribution in [0, 0.1) is 0 Å². The molecule has 0 saturated carbocycles. The van der Waals surface area contributed by atoms with Gasteiger partial charge in [0.1, 0.15) is 5.70 Å². The summed E-state index contributed by atoms with van der Waals surface area (Å²) < 4.78 is 15.4. The van der Waals surface area contributed by atoms with Crippen molar-refractivity contribution in [1.82, 2.24) is 10.2 Å².